The van der Waals surface area contributed by atoms with E-state index in [0.717, 1.165) is 29.8 Å². The summed E-state index contributed by atoms with van der Waals surface area (Å²) in [5.41, 5.74) is 3.38. The number of nitrogens with one attached hydrogen (secondary N) is 2. The second-order valence-electron chi connectivity index (χ2n) is 8.18. The molecule has 0 atom stereocenters. The quantitative estimate of drug-likeness (QED) is 0.639. The molecule has 33 heavy (non-hydrogen) atoms. The van der Waals surface area contributed by atoms with E-state index in [4.69, 9.17) is 14.5 Å². The normalized spacial score (nSPS) is 14.0. The van der Waals surface area contributed by atoms with Crippen LogP contribution in [-0.4, -0.2) is 62.2 Å². The van der Waals surface area contributed by atoms with Gasteiger partial charge in [-0.15, -0.1) is 0 Å². The van der Waals surface area contributed by atoms with E-state index in [1.807, 2.05) is 49.1 Å². The number of nitrogens with zero attached hydrogens (tertiary/aromatic N) is 2. The molecule has 0 aliphatic carbocycles. The van der Waals surface area contributed by atoms with E-state index in [0.29, 0.717) is 49.7 Å². The lowest BCUT2D eigenvalue weighted by Crippen LogP contribution is -2.44. The van der Waals surface area contributed by atoms with Crippen molar-refractivity contribution < 1.29 is 19.1 Å². The predicted molar refractivity (Wildman–Crippen MR) is 127 cm³/mol. The number of aryl methyl sites for hydroxylation is 1. The van der Waals surface area contributed by atoms with Crippen LogP contribution in [0, 0.1) is 6.92 Å². The minimum absolute atomic E-state index is 0.0266. The number of carbonyl (C=O) groups excluding carboxylic acids is 2. The lowest BCUT2D eigenvalue weighted by Gasteiger charge is -2.32. The number of carbonyl (C=O) groups is 2. The van der Waals surface area contributed by atoms with Crippen molar-refractivity contribution in [1.82, 2.24) is 20.5 Å². The molecule has 3 rings (SSSR count). The van der Waals surface area contributed by atoms with Gasteiger partial charge in [-0.05, 0) is 62.9 Å². The second kappa shape index (κ2) is 11.5. The van der Waals surface area contributed by atoms with Crippen LogP contribution in [0.1, 0.15) is 53.0 Å². The Hall–Kier alpha value is -3.29. The Balaban J connectivity index is 1.63. The summed E-state index contributed by atoms with van der Waals surface area (Å²) in [7, 11) is 3.21. The largest absolute Gasteiger partial charge is 0.493 e. The van der Waals surface area contributed by atoms with Gasteiger partial charge in [-0.1, -0.05) is 6.07 Å². The summed E-state index contributed by atoms with van der Waals surface area (Å²) >= 11 is 0. The molecular formula is C25H34N4O4. The highest BCUT2D eigenvalue weighted by atomic mass is 16.5. The van der Waals surface area contributed by atoms with Crippen molar-refractivity contribution in [1.29, 1.82) is 0 Å². The Bertz CT molecular complexity index is 971. The standard InChI is InChI=1S/C25H34N4O4/c1-5-26-25(31)29-14-11-19(12-15-29)23-20(8-6-17(2)28-23)24(30)27-13-10-18-7-9-21(32-3)22(16-18)33-4/h6-9,16,19H,5,10-15H2,1-4H3,(H,26,31)(H,27,30). The third-order valence-electron chi connectivity index (χ3n) is 5.95. The molecule has 8 heteroatoms. The molecule has 2 heterocycles. The lowest BCUT2D eigenvalue weighted by atomic mass is 9.90. The molecule has 1 aliphatic heterocycles. The van der Waals surface area contributed by atoms with Crippen molar-refractivity contribution in [3.63, 3.8) is 0 Å². The third kappa shape index (κ3) is 6.15. The molecule has 1 aliphatic rings. The number of amides is 3. The van der Waals surface area contributed by atoms with E-state index in [-0.39, 0.29) is 17.9 Å². The van der Waals surface area contributed by atoms with Gasteiger partial charge in [0.2, 0.25) is 0 Å². The molecule has 3 amide bonds. The van der Waals surface area contributed by atoms with Crippen LogP contribution in [0.25, 0.3) is 0 Å². The maximum atomic E-state index is 13.0. The van der Waals surface area contributed by atoms with Gasteiger partial charge in [0.15, 0.2) is 11.5 Å². The molecule has 1 aromatic carbocycles. The number of methoxy groups -OCH3 is 2. The molecule has 0 bridgehead atoms. The van der Waals surface area contributed by atoms with E-state index in [1.165, 1.54) is 0 Å². The number of rotatable bonds is 8. The Kier molecular flexibility index (Phi) is 8.52. The number of benzene rings is 1. The van der Waals surface area contributed by atoms with Gasteiger partial charge in [0.25, 0.3) is 5.91 Å². The van der Waals surface area contributed by atoms with Crippen molar-refractivity contribution in [2.75, 3.05) is 40.4 Å². The number of hydrogen-bond donors (Lipinski definition) is 2. The molecule has 1 aromatic heterocycles. The maximum absolute atomic E-state index is 13.0. The van der Waals surface area contributed by atoms with Gasteiger partial charge < -0.3 is 25.0 Å². The number of likely N-dealkylation sites (tertiary alicyclic amines) is 1. The minimum atomic E-state index is -0.121. The van der Waals surface area contributed by atoms with Crippen molar-refractivity contribution in [2.24, 2.45) is 0 Å². The number of hydrogen-bond acceptors (Lipinski definition) is 5. The van der Waals surface area contributed by atoms with Crippen LogP contribution < -0.4 is 20.1 Å². The number of piperidine rings is 1. The van der Waals surface area contributed by atoms with Crippen molar-refractivity contribution in [2.45, 2.75) is 39.0 Å². The minimum Gasteiger partial charge on any atom is -0.493 e. The number of aromatic nitrogens is 1. The monoisotopic (exact) mass is 454 g/mol. The van der Waals surface area contributed by atoms with E-state index in [2.05, 4.69) is 10.6 Å². The molecule has 0 spiro atoms. The molecule has 0 radical (unpaired) electrons. The fourth-order valence-corrected chi connectivity index (χ4v) is 4.15. The van der Waals surface area contributed by atoms with Gasteiger partial charge >= 0.3 is 6.03 Å². The molecule has 2 N–H and O–H groups in total. The van der Waals surface area contributed by atoms with Gasteiger partial charge in [0.05, 0.1) is 25.5 Å². The highest BCUT2D eigenvalue weighted by Crippen LogP contribution is 2.30. The molecule has 0 saturated carbocycles. The van der Waals surface area contributed by atoms with Crippen LogP contribution in [-0.2, 0) is 6.42 Å². The zero-order valence-corrected chi connectivity index (χ0v) is 19.9. The summed E-state index contributed by atoms with van der Waals surface area (Å²) in [6, 6.07) is 9.46. The Morgan fingerprint density at radius 1 is 1.06 bits per heavy atom. The maximum Gasteiger partial charge on any atom is 0.317 e. The second-order valence-corrected chi connectivity index (χ2v) is 8.18. The fraction of sp³-hybridized carbons (Fsp3) is 0.480. The summed E-state index contributed by atoms with van der Waals surface area (Å²) in [4.78, 5) is 31.7. The first-order valence-corrected chi connectivity index (χ1v) is 11.5. The summed E-state index contributed by atoms with van der Waals surface area (Å²) in [6.45, 7) is 6.28. The molecule has 1 fully saturated rings. The zero-order chi connectivity index (χ0) is 23.8. The number of urea groups is 1. The summed E-state index contributed by atoms with van der Waals surface area (Å²) in [5, 5.41) is 5.88. The SMILES string of the molecule is CCNC(=O)N1CCC(c2nc(C)ccc2C(=O)NCCc2ccc(OC)c(OC)c2)CC1. The molecule has 2 aromatic rings. The molecule has 0 unspecified atom stereocenters. The van der Waals surface area contributed by atoms with Crippen LogP contribution in [0.3, 0.4) is 0 Å². The average Bonchev–Trinajstić information content (AvgIpc) is 2.84. The Morgan fingerprint density at radius 2 is 1.79 bits per heavy atom. The van der Waals surface area contributed by atoms with Crippen molar-refractivity contribution in [3.05, 3.63) is 52.8 Å². The average molecular weight is 455 g/mol. The van der Waals surface area contributed by atoms with E-state index in [1.54, 1.807) is 14.2 Å². The first-order valence-electron chi connectivity index (χ1n) is 11.5. The van der Waals surface area contributed by atoms with Crippen molar-refractivity contribution >= 4 is 11.9 Å². The first-order chi connectivity index (χ1) is 16.0. The summed E-state index contributed by atoms with van der Waals surface area (Å²) in [5.74, 6) is 1.38. The molecular weight excluding hydrogens is 420 g/mol. The molecule has 1 saturated heterocycles. The molecule has 8 nitrogen and oxygen atoms in total. The predicted octanol–water partition coefficient (Wildman–Crippen LogP) is 3.29. The topological polar surface area (TPSA) is 92.8 Å². The van der Waals surface area contributed by atoms with Crippen LogP contribution >= 0.6 is 0 Å². The van der Waals surface area contributed by atoms with E-state index < -0.39 is 0 Å². The smallest absolute Gasteiger partial charge is 0.317 e. The van der Waals surface area contributed by atoms with Gasteiger partial charge in [-0.2, -0.15) is 0 Å². The summed E-state index contributed by atoms with van der Waals surface area (Å²) in [6.07, 6.45) is 2.25. The number of ether oxygens (including phenoxy) is 2. The van der Waals surface area contributed by atoms with Gasteiger partial charge in [-0.3, -0.25) is 9.78 Å². The van der Waals surface area contributed by atoms with Gasteiger partial charge in [0, 0.05) is 37.8 Å². The van der Waals surface area contributed by atoms with Crippen LogP contribution in [0.5, 0.6) is 11.5 Å². The first kappa shape index (κ1) is 24.4. The van der Waals surface area contributed by atoms with Crippen LogP contribution in [0.4, 0.5) is 4.79 Å². The van der Waals surface area contributed by atoms with E-state index in [9.17, 15) is 9.59 Å². The Labute approximate surface area is 195 Å². The van der Waals surface area contributed by atoms with Gasteiger partial charge in [0.1, 0.15) is 0 Å². The fourth-order valence-electron chi connectivity index (χ4n) is 4.15. The highest BCUT2D eigenvalue weighted by Gasteiger charge is 2.27. The van der Waals surface area contributed by atoms with Gasteiger partial charge in [-0.25, -0.2) is 4.79 Å². The lowest BCUT2D eigenvalue weighted by molar-refractivity contribution is 0.0951. The highest BCUT2D eigenvalue weighted by molar-refractivity contribution is 5.95. The van der Waals surface area contributed by atoms with E-state index >= 15 is 0 Å². The van der Waals surface area contributed by atoms with Crippen LogP contribution in [0.15, 0.2) is 30.3 Å². The van der Waals surface area contributed by atoms with Crippen LogP contribution in [0.2, 0.25) is 0 Å². The van der Waals surface area contributed by atoms with Crippen molar-refractivity contribution in [3.8, 4) is 11.5 Å². The molecule has 178 valence electrons. The third-order valence-corrected chi connectivity index (χ3v) is 5.95. The zero-order valence-electron chi connectivity index (χ0n) is 19.9. The summed E-state index contributed by atoms with van der Waals surface area (Å²) < 4.78 is 10.6. The Morgan fingerprint density at radius 3 is 2.45 bits per heavy atom. The number of pyridine rings is 1.